The number of hydrogen-bond acceptors (Lipinski definition) is 2. The molecule has 0 spiro atoms. The lowest BCUT2D eigenvalue weighted by atomic mass is 9.87. The second kappa shape index (κ2) is 3.05. The highest BCUT2D eigenvalue weighted by Gasteiger charge is 2.32. The number of aliphatic hydroxyl groups excluding tert-OH is 1. The number of carbonyl (C=O) groups is 1. The molecule has 0 aliphatic heterocycles. The molecule has 2 N–H and O–H groups in total. The molecule has 1 saturated carbocycles. The normalized spacial score (nSPS) is 29.3. The van der Waals surface area contributed by atoms with E-state index in [4.69, 9.17) is 0 Å². The fraction of sp³-hybridized carbons (Fsp3) is 0.889. The van der Waals surface area contributed by atoms with Gasteiger partial charge in [0.05, 0.1) is 12.1 Å². The van der Waals surface area contributed by atoms with E-state index in [9.17, 15) is 9.90 Å². The SMILES string of the molecule is CC(C)(C)C(=O)N[C@H]1CC[C@H]1O. The monoisotopic (exact) mass is 171 g/mol. The highest BCUT2D eigenvalue weighted by Crippen LogP contribution is 2.21. The maximum absolute atomic E-state index is 11.4. The third-order valence-corrected chi connectivity index (χ3v) is 2.24. The first kappa shape index (κ1) is 9.52. The van der Waals surface area contributed by atoms with Gasteiger partial charge in [0.25, 0.3) is 0 Å². The van der Waals surface area contributed by atoms with Gasteiger partial charge >= 0.3 is 0 Å². The van der Waals surface area contributed by atoms with Crippen molar-refractivity contribution in [1.29, 1.82) is 0 Å². The van der Waals surface area contributed by atoms with Crippen molar-refractivity contribution in [3.8, 4) is 0 Å². The summed E-state index contributed by atoms with van der Waals surface area (Å²) in [7, 11) is 0. The van der Waals surface area contributed by atoms with Gasteiger partial charge in [-0.2, -0.15) is 0 Å². The summed E-state index contributed by atoms with van der Waals surface area (Å²) in [6.07, 6.45) is 1.40. The molecule has 12 heavy (non-hydrogen) atoms. The summed E-state index contributed by atoms with van der Waals surface area (Å²) in [6, 6.07) is -0.00303. The van der Waals surface area contributed by atoms with Crippen molar-refractivity contribution in [3.63, 3.8) is 0 Å². The molecule has 1 aliphatic carbocycles. The van der Waals surface area contributed by atoms with Gasteiger partial charge in [-0.05, 0) is 12.8 Å². The van der Waals surface area contributed by atoms with Crippen LogP contribution >= 0.6 is 0 Å². The van der Waals surface area contributed by atoms with Crippen molar-refractivity contribution in [1.82, 2.24) is 5.32 Å². The van der Waals surface area contributed by atoms with Crippen LogP contribution in [0.3, 0.4) is 0 Å². The summed E-state index contributed by atoms with van der Waals surface area (Å²) in [5.41, 5.74) is -0.352. The van der Waals surface area contributed by atoms with Crippen LogP contribution in [0.1, 0.15) is 33.6 Å². The van der Waals surface area contributed by atoms with Crippen molar-refractivity contribution < 1.29 is 9.90 Å². The van der Waals surface area contributed by atoms with E-state index in [0.717, 1.165) is 12.8 Å². The third kappa shape index (κ3) is 1.97. The maximum Gasteiger partial charge on any atom is 0.225 e. The number of rotatable bonds is 1. The summed E-state index contributed by atoms with van der Waals surface area (Å²) in [6.45, 7) is 5.61. The Hall–Kier alpha value is -0.570. The van der Waals surface area contributed by atoms with E-state index >= 15 is 0 Å². The van der Waals surface area contributed by atoms with Gasteiger partial charge in [-0.15, -0.1) is 0 Å². The molecule has 0 unspecified atom stereocenters. The fourth-order valence-electron chi connectivity index (χ4n) is 1.04. The zero-order valence-corrected chi connectivity index (χ0v) is 7.92. The van der Waals surface area contributed by atoms with Crippen molar-refractivity contribution in [2.24, 2.45) is 5.41 Å². The standard InChI is InChI=1S/C9H17NO2/c1-9(2,3)8(12)10-6-4-5-7(6)11/h6-7,11H,4-5H2,1-3H3,(H,10,12)/t6-,7+/m0/s1. The molecule has 1 rings (SSSR count). The lowest BCUT2D eigenvalue weighted by Gasteiger charge is -2.34. The van der Waals surface area contributed by atoms with Crippen LogP contribution in [0.25, 0.3) is 0 Å². The lowest BCUT2D eigenvalue weighted by molar-refractivity contribution is -0.131. The molecule has 0 aromatic rings. The third-order valence-electron chi connectivity index (χ3n) is 2.24. The van der Waals surface area contributed by atoms with Crippen LogP contribution in [-0.4, -0.2) is 23.2 Å². The Morgan fingerprint density at radius 3 is 2.25 bits per heavy atom. The van der Waals surface area contributed by atoms with Crippen molar-refractivity contribution in [3.05, 3.63) is 0 Å². The fourth-order valence-corrected chi connectivity index (χ4v) is 1.04. The molecule has 1 amide bonds. The molecule has 0 bridgehead atoms. The number of aliphatic hydroxyl groups is 1. The molecular formula is C9H17NO2. The zero-order chi connectivity index (χ0) is 9.35. The van der Waals surface area contributed by atoms with Crippen LogP contribution in [0.4, 0.5) is 0 Å². The van der Waals surface area contributed by atoms with Gasteiger partial charge in [0, 0.05) is 5.41 Å². The Bertz CT molecular complexity index is 183. The molecule has 3 heteroatoms. The van der Waals surface area contributed by atoms with Crippen LogP contribution in [0.15, 0.2) is 0 Å². The van der Waals surface area contributed by atoms with Crippen LogP contribution in [0, 0.1) is 5.41 Å². The van der Waals surface area contributed by atoms with Crippen molar-refractivity contribution in [2.45, 2.75) is 45.8 Å². The highest BCUT2D eigenvalue weighted by molar-refractivity contribution is 5.81. The number of hydrogen-bond donors (Lipinski definition) is 2. The van der Waals surface area contributed by atoms with Gasteiger partial charge in [-0.25, -0.2) is 0 Å². The molecule has 1 fully saturated rings. The predicted octanol–water partition coefficient (Wildman–Crippen LogP) is 0.672. The minimum atomic E-state index is -0.352. The molecule has 0 heterocycles. The summed E-state index contributed by atoms with van der Waals surface area (Å²) in [5, 5.41) is 12.0. The molecule has 0 saturated heterocycles. The van der Waals surface area contributed by atoms with E-state index < -0.39 is 0 Å². The Morgan fingerprint density at radius 1 is 1.42 bits per heavy atom. The van der Waals surface area contributed by atoms with E-state index in [1.165, 1.54) is 0 Å². The Morgan fingerprint density at radius 2 is 2.00 bits per heavy atom. The molecule has 0 aromatic heterocycles. The number of carbonyl (C=O) groups excluding carboxylic acids is 1. The van der Waals surface area contributed by atoms with Gasteiger partial charge in [-0.3, -0.25) is 4.79 Å². The van der Waals surface area contributed by atoms with Crippen LogP contribution < -0.4 is 5.32 Å². The first-order valence-corrected chi connectivity index (χ1v) is 4.40. The smallest absolute Gasteiger partial charge is 0.225 e. The van der Waals surface area contributed by atoms with E-state index in [0.29, 0.717) is 0 Å². The second-order valence-corrected chi connectivity index (χ2v) is 4.47. The quantitative estimate of drug-likeness (QED) is 0.609. The predicted molar refractivity (Wildman–Crippen MR) is 46.6 cm³/mol. The largest absolute Gasteiger partial charge is 0.391 e. The maximum atomic E-state index is 11.4. The van der Waals surface area contributed by atoms with Gasteiger partial charge < -0.3 is 10.4 Å². The van der Waals surface area contributed by atoms with E-state index in [2.05, 4.69) is 5.32 Å². The molecule has 70 valence electrons. The number of amides is 1. The van der Waals surface area contributed by atoms with Gasteiger partial charge in [-0.1, -0.05) is 20.8 Å². The lowest BCUT2D eigenvalue weighted by Crippen LogP contribution is -2.52. The summed E-state index contributed by atoms with van der Waals surface area (Å²) < 4.78 is 0. The second-order valence-electron chi connectivity index (χ2n) is 4.47. The van der Waals surface area contributed by atoms with Gasteiger partial charge in [0.15, 0.2) is 0 Å². The average Bonchev–Trinajstić information content (AvgIpc) is 1.95. The molecule has 0 aromatic carbocycles. The van der Waals surface area contributed by atoms with E-state index in [1.807, 2.05) is 20.8 Å². The Kier molecular flexibility index (Phi) is 2.42. The average molecular weight is 171 g/mol. The molecule has 3 nitrogen and oxygen atoms in total. The minimum Gasteiger partial charge on any atom is -0.391 e. The number of nitrogens with one attached hydrogen (secondary N) is 1. The Balaban J connectivity index is 2.36. The van der Waals surface area contributed by atoms with Crippen LogP contribution in [-0.2, 0) is 4.79 Å². The van der Waals surface area contributed by atoms with E-state index in [-0.39, 0.29) is 23.5 Å². The Labute approximate surface area is 73.2 Å². The van der Waals surface area contributed by atoms with Crippen LogP contribution in [0.2, 0.25) is 0 Å². The van der Waals surface area contributed by atoms with Crippen molar-refractivity contribution >= 4 is 5.91 Å². The summed E-state index contributed by atoms with van der Waals surface area (Å²) in [5.74, 6) is 0.0197. The summed E-state index contributed by atoms with van der Waals surface area (Å²) in [4.78, 5) is 11.4. The van der Waals surface area contributed by atoms with Crippen molar-refractivity contribution in [2.75, 3.05) is 0 Å². The minimum absolute atomic E-state index is 0.00303. The first-order valence-electron chi connectivity index (χ1n) is 4.40. The zero-order valence-electron chi connectivity index (χ0n) is 7.92. The van der Waals surface area contributed by atoms with E-state index in [1.54, 1.807) is 0 Å². The summed E-state index contributed by atoms with van der Waals surface area (Å²) >= 11 is 0. The molecule has 2 atom stereocenters. The van der Waals surface area contributed by atoms with Crippen LogP contribution in [0.5, 0.6) is 0 Å². The molecule has 1 aliphatic rings. The molecular weight excluding hydrogens is 154 g/mol. The first-order chi connectivity index (χ1) is 5.41. The van der Waals surface area contributed by atoms with Gasteiger partial charge in [0.2, 0.25) is 5.91 Å². The highest BCUT2D eigenvalue weighted by atomic mass is 16.3. The topological polar surface area (TPSA) is 49.3 Å². The molecule has 0 radical (unpaired) electrons. The van der Waals surface area contributed by atoms with Gasteiger partial charge in [0.1, 0.15) is 0 Å².